The number of aromatic nitrogens is 1. The lowest BCUT2D eigenvalue weighted by Crippen LogP contribution is -2.41. The molecule has 0 aliphatic heterocycles. The molecule has 0 atom stereocenters. The van der Waals surface area contributed by atoms with Crippen LogP contribution in [0.25, 0.3) is 33.2 Å². The fraction of sp³-hybridized carbons (Fsp3) is 0.300. The first-order valence-electron chi connectivity index (χ1n) is 11.9. The van der Waals surface area contributed by atoms with Crippen molar-refractivity contribution in [2.75, 3.05) is 0 Å². The monoisotopic (exact) mass is 436 g/mol. The van der Waals surface area contributed by atoms with E-state index in [0.29, 0.717) is 0 Å². The van der Waals surface area contributed by atoms with Crippen molar-refractivity contribution in [3.8, 4) is 22.4 Å². The lowest BCUT2D eigenvalue weighted by molar-refractivity contribution is -0.659. The van der Waals surface area contributed by atoms with Crippen LogP contribution in [0, 0.1) is 20.8 Å². The van der Waals surface area contributed by atoms with Gasteiger partial charge in [-0.05, 0) is 71.6 Å². The van der Waals surface area contributed by atoms with Gasteiger partial charge in [0.2, 0.25) is 5.69 Å². The highest BCUT2D eigenvalue weighted by molar-refractivity contribution is 6.91. The Hall–Kier alpha value is -2.71. The van der Waals surface area contributed by atoms with Gasteiger partial charge in [0.1, 0.15) is 7.05 Å². The first kappa shape index (κ1) is 21.1. The van der Waals surface area contributed by atoms with Gasteiger partial charge in [-0.1, -0.05) is 73.6 Å². The van der Waals surface area contributed by atoms with Crippen molar-refractivity contribution in [2.45, 2.75) is 52.2 Å². The summed E-state index contributed by atoms with van der Waals surface area (Å²) in [5, 5.41) is 4.33. The molecule has 1 fully saturated rings. The van der Waals surface area contributed by atoms with E-state index in [4.69, 9.17) is 0 Å². The highest BCUT2D eigenvalue weighted by atomic mass is 28.3. The number of aryl methyl sites for hydroxylation is 4. The van der Waals surface area contributed by atoms with Crippen molar-refractivity contribution in [1.82, 2.24) is 0 Å². The fourth-order valence-corrected chi connectivity index (χ4v) is 8.63. The molecular formula is C30H34NSi+. The third-order valence-corrected chi connectivity index (χ3v) is 12.1. The third kappa shape index (κ3) is 3.51. The van der Waals surface area contributed by atoms with Crippen LogP contribution in [0.2, 0.25) is 18.6 Å². The van der Waals surface area contributed by atoms with Crippen molar-refractivity contribution in [1.29, 1.82) is 0 Å². The van der Waals surface area contributed by atoms with Gasteiger partial charge < -0.3 is 0 Å². The van der Waals surface area contributed by atoms with E-state index in [1.807, 2.05) is 0 Å². The van der Waals surface area contributed by atoms with Gasteiger partial charge in [-0.2, -0.15) is 0 Å². The second-order valence-electron chi connectivity index (χ2n) is 10.4. The highest BCUT2D eigenvalue weighted by Crippen LogP contribution is 2.45. The first-order chi connectivity index (χ1) is 15.3. The zero-order valence-corrected chi connectivity index (χ0v) is 21.3. The maximum absolute atomic E-state index is 2.55. The Labute approximate surface area is 193 Å². The number of hydrogen-bond donors (Lipinski definition) is 0. The van der Waals surface area contributed by atoms with Crippen LogP contribution in [-0.4, -0.2) is 8.07 Å². The van der Waals surface area contributed by atoms with Crippen LogP contribution < -0.4 is 9.75 Å². The molecule has 0 N–H and O–H groups in total. The number of pyridine rings is 1. The molecule has 0 amide bonds. The van der Waals surface area contributed by atoms with Gasteiger partial charge >= 0.3 is 0 Å². The quantitative estimate of drug-likeness (QED) is 0.239. The summed E-state index contributed by atoms with van der Waals surface area (Å²) in [6.45, 7) is 11.8. The van der Waals surface area contributed by atoms with Crippen LogP contribution >= 0.6 is 0 Å². The van der Waals surface area contributed by atoms with E-state index >= 15 is 0 Å². The molecule has 162 valence electrons. The molecule has 0 radical (unpaired) electrons. The molecule has 1 saturated carbocycles. The summed E-state index contributed by atoms with van der Waals surface area (Å²) >= 11 is 0. The smallest absolute Gasteiger partial charge is 0.200 e. The molecule has 1 aromatic heterocycles. The second kappa shape index (κ2) is 7.70. The Morgan fingerprint density at radius 3 is 2.19 bits per heavy atom. The molecule has 0 bridgehead atoms. The van der Waals surface area contributed by atoms with E-state index in [1.165, 1.54) is 62.7 Å². The molecule has 1 heterocycles. The van der Waals surface area contributed by atoms with Crippen LogP contribution in [0.4, 0.5) is 0 Å². The van der Waals surface area contributed by atoms with Crippen LogP contribution in [0.15, 0.2) is 66.9 Å². The van der Waals surface area contributed by atoms with E-state index in [2.05, 4.69) is 112 Å². The number of nitrogens with zero attached hydrogens (tertiary/aromatic N) is 1. The van der Waals surface area contributed by atoms with Crippen molar-refractivity contribution >= 4 is 24.0 Å². The average molecular weight is 437 g/mol. The molecule has 32 heavy (non-hydrogen) atoms. The summed E-state index contributed by atoms with van der Waals surface area (Å²) in [7, 11) is 0.824. The van der Waals surface area contributed by atoms with Crippen LogP contribution in [0.1, 0.15) is 29.5 Å². The third-order valence-electron chi connectivity index (χ3n) is 7.73. The van der Waals surface area contributed by atoms with Crippen LogP contribution in [-0.2, 0) is 7.05 Å². The van der Waals surface area contributed by atoms with Crippen molar-refractivity contribution in [3.05, 3.63) is 83.6 Å². The molecule has 4 aromatic rings. The van der Waals surface area contributed by atoms with Crippen molar-refractivity contribution in [3.63, 3.8) is 0 Å². The zero-order chi connectivity index (χ0) is 22.6. The molecule has 2 heteroatoms. The summed E-state index contributed by atoms with van der Waals surface area (Å²) in [5.41, 5.74) is 10.3. The Morgan fingerprint density at radius 1 is 0.812 bits per heavy atom. The van der Waals surface area contributed by atoms with Crippen molar-refractivity contribution < 1.29 is 4.57 Å². The van der Waals surface area contributed by atoms with Crippen LogP contribution in [0.5, 0.6) is 0 Å². The number of rotatable bonds is 4. The summed E-state index contributed by atoms with van der Waals surface area (Å²) in [5.74, 6) is 0. The molecular weight excluding hydrogens is 402 g/mol. The standard InChI is InChI=1S/C30H34NSi/c1-20-8-7-9-21(2)29(20)24-10-14-27(22(3)18-24)30-28-15-13-26(32(5,6)25-11-12-25)19-23(28)16-17-31(30)4/h7-10,13-19,25H,11-12H2,1-6H3/q+1. The molecule has 1 nitrogen and oxygen atoms in total. The zero-order valence-electron chi connectivity index (χ0n) is 20.3. The van der Waals surface area contributed by atoms with Gasteiger partial charge in [-0.3, -0.25) is 0 Å². The molecule has 0 spiro atoms. The first-order valence-corrected chi connectivity index (χ1v) is 15.0. The average Bonchev–Trinajstić information content (AvgIpc) is 3.60. The number of fused-ring (bicyclic) bond motifs is 1. The lowest BCUT2D eigenvalue weighted by atomic mass is 9.92. The summed E-state index contributed by atoms with van der Waals surface area (Å²) in [6, 6.07) is 23.1. The van der Waals surface area contributed by atoms with Gasteiger partial charge in [0.05, 0.1) is 13.5 Å². The molecule has 0 unspecified atom stereocenters. The second-order valence-corrected chi connectivity index (χ2v) is 15.2. The summed E-state index contributed by atoms with van der Waals surface area (Å²) in [4.78, 5) is 0. The fourth-order valence-electron chi connectivity index (χ4n) is 5.50. The van der Waals surface area contributed by atoms with Gasteiger partial charge in [-0.25, -0.2) is 4.57 Å². The number of hydrogen-bond acceptors (Lipinski definition) is 0. The minimum Gasteiger partial charge on any atom is -0.200 e. The van der Waals surface area contributed by atoms with E-state index in [9.17, 15) is 0 Å². The molecule has 0 saturated heterocycles. The summed E-state index contributed by atoms with van der Waals surface area (Å²) in [6.07, 6.45) is 5.09. The maximum atomic E-state index is 2.55. The van der Waals surface area contributed by atoms with Gasteiger partial charge in [0.25, 0.3) is 0 Å². The SMILES string of the molecule is Cc1cc(-c2c(C)cccc2C)ccc1-c1c2ccc([Si](C)(C)C3CC3)cc2cc[n+]1C. The molecule has 1 aliphatic carbocycles. The minimum absolute atomic E-state index is 0.971. The summed E-state index contributed by atoms with van der Waals surface area (Å²) < 4.78 is 2.28. The Morgan fingerprint density at radius 2 is 1.53 bits per heavy atom. The van der Waals surface area contributed by atoms with E-state index in [1.54, 1.807) is 5.19 Å². The van der Waals surface area contributed by atoms with Gasteiger partial charge in [-0.15, -0.1) is 0 Å². The minimum atomic E-state index is -1.35. The molecule has 1 aliphatic rings. The van der Waals surface area contributed by atoms with E-state index in [0.717, 1.165) is 5.54 Å². The lowest BCUT2D eigenvalue weighted by Gasteiger charge is -2.23. The Balaban J connectivity index is 1.63. The molecule has 5 rings (SSSR count). The van der Waals surface area contributed by atoms with Gasteiger partial charge in [0.15, 0.2) is 6.20 Å². The topological polar surface area (TPSA) is 3.88 Å². The normalized spacial score (nSPS) is 14.2. The predicted molar refractivity (Wildman–Crippen MR) is 140 cm³/mol. The number of benzene rings is 3. The van der Waals surface area contributed by atoms with E-state index < -0.39 is 8.07 Å². The van der Waals surface area contributed by atoms with E-state index in [-0.39, 0.29) is 0 Å². The maximum Gasteiger partial charge on any atom is 0.220 e. The van der Waals surface area contributed by atoms with Gasteiger partial charge in [0, 0.05) is 11.6 Å². The largest absolute Gasteiger partial charge is 0.220 e. The van der Waals surface area contributed by atoms with Crippen molar-refractivity contribution in [2.24, 2.45) is 7.05 Å². The highest BCUT2D eigenvalue weighted by Gasteiger charge is 2.40. The molecule has 3 aromatic carbocycles. The predicted octanol–water partition coefficient (Wildman–Crippen LogP) is 7.00. The Kier molecular flexibility index (Phi) is 5.09. The Bertz CT molecular complexity index is 1320. The van der Waals surface area contributed by atoms with Crippen LogP contribution in [0.3, 0.4) is 0 Å².